The maximum atomic E-state index is 12.3. The summed E-state index contributed by atoms with van der Waals surface area (Å²) in [7, 11) is -3.80. The van der Waals surface area contributed by atoms with E-state index < -0.39 is 38.6 Å². The van der Waals surface area contributed by atoms with E-state index in [0.29, 0.717) is 12.8 Å². The summed E-state index contributed by atoms with van der Waals surface area (Å²) in [6.45, 7) is 1.50. The summed E-state index contributed by atoms with van der Waals surface area (Å²) in [5, 5.41) is 0. The Hall–Kier alpha value is -0.760. The number of rotatable bonds is 4. The van der Waals surface area contributed by atoms with Gasteiger partial charge in [0, 0.05) is 5.92 Å². The lowest BCUT2D eigenvalue weighted by molar-refractivity contribution is -0.122. The van der Waals surface area contributed by atoms with Crippen LogP contribution in [0.4, 0.5) is 8.78 Å². The molecule has 2 saturated carbocycles. The Balaban J connectivity index is 2.04. The molecule has 1 amide bonds. The van der Waals surface area contributed by atoms with E-state index in [-0.39, 0.29) is 6.42 Å². The monoisotopic (exact) mass is 268 g/mol. The zero-order valence-electron chi connectivity index (χ0n) is 9.24. The summed E-state index contributed by atoms with van der Waals surface area (Å²) in [4.78, 5) is 11.6. The lowest BCUT2D eigenvalue weighted by Gasteiger charge is -2.15. The van der Waals surface area contributed by atoms with Crippen molar-refractivity contribution in [1.29, 1.82) is 0 Å². The third kappa shape index (κ3) is 1.93. The summed E-state index contributed by atoms with van der Waals surface area (Å²) in [6, 6.07) is 0. The summed E-state index contributed by atoms with van der Waals surface area (Å²) in [5.74, 6) is -2.26. The summed E-state index contributed by atoms with van der Waals surface area (Å²) in [5.41, 5.74) is 3.72. The Morgan fingerprint density at radius 2 is 2.00 bits per heavy atom. The number of hydrogen-bond acceptors (Lipinski definition) is 4. The van der Waals surface area contributed by atoms with E-state index in [1.54, 1.807) is 0 Å². The van der Waals surface area contributed by atoms with Crippen LogP contribution in [0.2, 0.25) is 0 Å². The molecule has 8 heteroatoms. The Morgan fingerprint density at radius 1 is 1.47 bits per heavy atom. The van der Waals surface area contributed by atoms with Gasteiger partial charge in [-0.05, 0) is 26.2 Å². The number of hydrogen-bond donors (Lipinski definition) is 2. The summed E-state index contributed by atoms with van der Waals surface area (Å²) >= 11 is 0. The molecule has 2 rings (SSSR count). The molecule has 0 spiro atoms. The lowest BCUT2D eigenvalue weighted by atomic mass is 10.2. The molecule has 2 unspecified atom stereocenters. The molecular formula is C9H14F2N2O3S. The third-order valence-electron chi connectivity index (χ3n) is 3.62. The SMILES string of the molecule is CC1(S(=O)(=O)NC(=O)C2(N)CC2C(F)F)CC1. The van der Waals surface area contributed by atoms with Gasteiger partial charge in [0.1, 0.15) is 5.54 Å². The van der Waals surface area contributed by atoms with Crippen molar-refractivity contribution >= 4 is 15.9 Å². The topological polar surface area (TPSA) is 89.3 Å². The van der Waals surface area contributed by atoms with Crippen LogP contribution < -0.4 is 10.5 Å². The molecular weight excluding hydrogens is 254 g/mol. The highest BCUT2D eigenvalue weighted by atomic mass is 32.2. The fourth-order valence-corrected chi connectivity index (χ4v) is 2.98. The molecule has 17 heavy (non-hydrogen) atoms. The van der Waals surface area contributed by atoms with Crippen molar-refractivity contribution in [2.75, 3.05) is 0 Å². The molecule has 0 aromatic rings. The highest BCUT2D eigenvalue weighted by Gasteiger charge is 2.63. The van der Waals surface area contributed by atoms with E-state index in [1.165, 1.54) is 6.92 Å². The smallest absolute Gasteiger partial charge is 0.254 e. The number of carbonyl (C=O) groups is 1. The van der Waals surface area contributed by atoms with Gasteiger partial charge in [0.05, 0.1) is 4.75 Å². The number of halogens is 2. The first kappa shape index (κ1) is 12.7. The quantitative estimate of drug-likeness (QED) is 0.749. The van der Waals surface area contributed by atoms with E-state index in [1.807, 2.05) is 4.72 Å². The van der Waals surface area contributed by atoms with Gasteiger partial charge in [-0.25, -0.2) is 17.2 Å². The number of carbonyl (C=O) groups excluding carboxylic acids is 1. The second-order valence-electron chi connectivity index (χ2n) is 5.07. The molecule has 0 saturated heterocycles. The lowest BCUT2D eigenvalue weighted by Crippen LogP contribution is -2.50. The van der Waals surface area contributed by atoms with Gasteiger partial charge < -0.3 is 5.73 Å². The van der Waals surface area contributed by atoms with Crippen molar-refractivity contribution in [2.45, 2.75) is 42.9 Å². The molecule has 3 N–H and O–H groups in total. The Morgan fingerprint density at radius 3 is 2.35 bits per heavy atom. The number of nitrogens with one attached hydrogen (secondary N) is 1. The molecule has 0 bridgehead atoms. The third-order valence-corrected chi connectivity index (χ3v) is 5.78. The van der Waals surface area contributed by atoms with E-state index in [2.05, 4.69) is 0 Å². The van der Waals surface area contributed by atoms with Crippen molar-refractivity contribution < 1.29 is 22.0 Å². The van der Waals surface area contributed by atoms with Gasteiger partial charge in [0.25, 0.3) is 5.91 Å². The van der Waals surface area contributed by atoms with Crippen molar-refractivity contribution in [2.24, 2.45) is 11.7 Å². The van der Waals surface area contributed by atoms with Crippen molar-refractivity contribution in [3.63, 3.8) is 0 Å². The normalized spacial score (nSPS) is 34.5. The van der Waals surface area contributed by atoms with E-state index in [0.717, 1.165) is 0 Å². The fourth-order valence-electron chi connectivity index (χ4n) is 1.66. The van der Waals surface area contributed by atoms with Crippen LogP contribution in [0.3, 0.4) is 0 Å². The van der Waals surface area contributed by atoms with Gasteiger partial charge in [0.15, 0.2) is 0 Å². The molecule has 0 aliphatic heterocycles. The average Bonchev–Trinajstić information content (AvgIpc) is 3.04. The first-order valence-electron chi connectivity index (χ1n) is 5.26. The van der Waals surface area contributed by atoms with Crippen molar-refractivity contribution in [3.8, 4) is 0 Å². The number of alkyl halides is 2. The zero-order valence-corrected chi connectivity index (χ0v) is 10.1. The molecule has 2 atom stereocenters. The van der Waals surface area contributed by atoms with Crippen LogP contribution in [0.25, 0.3) is 0 Å². The highest BCUT2D eigenvalue weighted by Crippen LogP contribution is 2.47. The van der Waals surface area contributed by atoms with E-state index in [9.17, 15) is 22.0 Å². The summed E-state index contributed by atoms with van der Waals surface area (Å²) in [6.07, 6.45) is -1.95. The van der Waals surface area contributed by atoms with Crippen LogP contribution in [0.1, 0.15) is 26.2 Å². The Bertz CT molecular complexity index is 461. The molecule has 2 aliphatic carbocycles. The predicted molar refractivity (Wildman–Crippen MR) is 55.7 cm³/mol. The molecule has 0 aromatic carbocycles. The standard InChI is InChI=1S/C9H14F2N2O3S/c1-8(2-3-8)17(15,16)13-7(14)9(12)4-5(9)6(10)11/h5-6H,2-4,12H2,1H3,(H,13,14). The van der Waals surface area contributed by atoms with Gasteiger partial charge in [-0.2, -0.15) is 0 Å². The Kier molecular flexibility index (Phi) is 2.52. The Labute approximate surface area is 97.8 Å². The number of nitrogens with two attached hydrogens (primary N) is 1. The van der Waals surface area contributed by atoms with Crippen LogP contribution in [-0.4, -0.2) is 31.0 Å². The van der Waals surface area contributed by atoms with E-state index >= 15 is 0 Å². The van der Waals surface area contributed by atoms with Gasteiger partial charge in [0.2, 0.25) is 16.4 Å². The minimum atomic E-state index is -3.80. The van der Waals surface area contributed by atoms with E-state index in [4.69, 9.17) is 5.73 Å². The fraction of sp³-hybridized carbons (Fsp3) is 0.889. The first-order chi connectivity index (χ1) is 7.62. The molecule has 98 valence electrons. The van der Waals surface area contributed by atoms with Crippen LogP contribution in [-0.2, 0) is 14.8 Å². The van der Waals surface area contributed by atoms with Crippen LogP contribution in [0.15, 0.2) is 0 Å². The molecule has 0 aromatic heterocycles. The van der Waals surface area contributed by atoms with Gasteiger partial charge >= 0.3 is 0 Å². The zero-order chi connectivity index (χ0) is 13.1. The van der Waals surface area contributed by atoms with Crippen LogP contribution in [0.5, 0.6) is 0 Å². The minimum absolute atomic E-state index is 0.178. The molecule has 2 fully saturated rings. The van der Waals surface area contributed by atoms with Gasteiger partial charge in [-0.15, -0.1) is 0 Å². The number of amides is 1. The largest absolute Gasteiger partial charge is 0.317 e. The summed E-state index contributed by atoms with van der Waals surface area (Å²) < 4.78 is 49.0. The minimum Gasteiger partial charge on any atom is -0.317 e. The second-order valence-corrected chi connectivity index (χ2v) is 7.27. The second kappa shape index (κ2) is 3.38. The van der Waals surface area contributed by atoms with Gasteiger partial charge in [-0.3, -0.25) is 9.52 Å². The first-order valence-corrected chi connectivity index (χ1v) is 6.74. The molecule has 2 aliphatic rings. The number of sulfonamides is 1. The van der Waals surface area contributed by atoms with Crippen molar-refractivity contribution in [3.05, 3.63) is 0 Å². The maximum absolute atomic E-state index is 12.3. The van der Waals surface area contributed by atoms with Crippen LogP contribution >= 0.6 is 0 Å². The maximum Gasteiger partial charge on any atom is 0.254 e. The predicted octanol–water partition coefficient (Wildman–Crippen LogP) is -0.0326. The molecule has 0 heterocycles. The molecule has 0 radical (unpaired) electrons. The highest BCUT2D eigenvalue weighted by molar-refractivity contribution is 7.91. The average molecular weight is 268 g/mol. The van der Waals surface area contributed by atoms with Crippen LogP contribution in [0, 0.1) is 5.92 Å². The van der Waals surface area contributed by atoms with Gasteiger partial charge in [-0.1, -0.05) is 0 Å². The molecule has 5 nitrogen and oxygen atoms in total. The van der Waals surface area contributed by atoms with Crippen molar-refractivity contribution in [1.82, 2.24) is 4.72 Å².